The van der Waals surface area contributed by atoms with E-state index in [0.29, 0.717) is 6.61 Å². The Morgan fingerprint density at radius 2 is 2.07 bits per heavy atom. The molecule has 0 aliphatic carbocycles. The van der Waals surface area contributed by atoms with Crippen molar-refractivity contribution in [2.24, 2.45) is 0 Å². The van der Waals surface area contributed by atoms with Crippen LogP contribution in [0.2, 0.25) is 0 Å². The lowest BCUT2D eigenvalue weighted by Gasteiger charge is -2.04. The quantitative estimate of drug-likeness (QED) is 0.778. The van der Waals surface area contributed by atoms with E-state index in [2.05, 4.69) is 5.32 Å². The molecule has 1 aromatic carbocycles. The first-order valence-corrected chi connectivity index (χ1v) is 4.73. The van der Waals surface area contributed by atoms with E-state index < -0.39 is 0 Å². The van der Waals surface area contributed by atoms with Gasteiger partial charge in [-0.15, -0.1) is 11.6 Å². The maximum Gasteiger partial charge on any atom is 0.239 e. The smallest absolute Gasteiger partial charge is 0.239 e. The molecule has 0 radical (unpaired) electrons. The number of hydrogen-bond donors (Lipinski definition) is 1. The number of nitrogens with one attached hydrogen (secondary N) is 1. The van der Waals surface area contributed by atoms with Crippen LogP contribution < -0.4 is 5.32 Å². The van der Waals surface area contributed by atoms with Crippen molar-refractivity contribution in [2.75, 3.05) is 18.3 Å². The maximum atomic E-state index is 10.9. The second kappa shape index (κ2) is 5.62. The molecule has 76 valence electrons. The molecule has 0 aliphatic heterocycles. The molecule has 3 nitrogen and oxygen atoms in total. The Kier molecular flexibility index (Phi) is 4.43. The van der Waals surface area contributed by atoms with Crippen LogP contribution >= 0.6 is 11.6 Å². The Bertz CT molecular complexity index is 297. The summed E-state index contributed by atoms with van der Waals surface area (Å²) < 4.78 is 4.96. The fourth-order valence-electron chi connectivity index (χ4n) is 1.05. The zero-order valence-electron chi connectivity index (χ0n) is 7.92. The zero-order chi connectivity index (χ0) is 10.4. The Labute approximate surface area is 88.0 Å². The van der Waals surface area contributed by atoms with Crippen LogP contribution in [0.25, 0.3) is 0 Å². The largest absolute Gasteiger partial charge is 0.380 e. The average Bonchev–Trinajstić information content (AvgIpc) is 2.21. The molecule has 0 saturated carbocycles. The topological polar surface area (TPSA) is 38.3 Å². The van der Waals surface area contributed by atoms with E-state index in [4.69, 9.17) is 16.3 Å². The van der Waals surface area contributed by atoms with Crippen molar-refractivity contribution in [1.29, 1.82) is 0 Å². The molecular weight excluding hydrogens is 202 g/mol. The Morgan fingerprint density at radius 1 is 1.43 bits per heavy atom. The van der Waals surface area contributed by atoms with Crippen molar-refractivity contribution in [1.82, 2.24) is 0 Å². The molecule has 0 aromatic heterocycles. The zero-order valence-corrected chi connectivity index (χ0v) is 8.67. The minimum absolute atomic E-state index is 0.0280. The number of ether oxygens (including phenoxy) is 1. The van der Waals surface area contributed by atoms with Gasteiger partial charge in [-0.1, -0.05) is 12.1 Å². The number of carbonyl (C=O) groups is 1. The molecule has 1 rings (SSSR count). The summed E-state index contributed by atoms with van der Waals surface area (Å²) in [7, 11) is 1.64. The van der Waals surface area contributed by atoms with Crippen LogP contribution in [0.5, 0.6) is 0 Å². The van der Waals surface area contributed by atoms with E-state index in [0.717, 1.165) is 11.3 Å². The third-order valence-electron chi connectivity index (χ3n) is 1.67. The summed E-state index contributed by atoms with van der Waals surface area (Å²) in [6, 6.07) is 7.43. The Morgan fingerprint density at radius 3 is 2.57 bits per heavy atom. The van der Waals surface area contributed by atoms with Crippen molar-refractivity contribution >= 4 is 23.2 Å². The summed E-state index contributed by atoms with van der Waals surface area (Å²) in [6.07, 6.45) is 0. The summed E-state index contributed by atoms with van der Waals surface area (Å²) in [4.78, 5) is 10.9. The predicted molar refractivity (Wildman–Crippen MR) is 56.5 cm³/mol. The minimum Gasteiger partial charge on any atom is -0.380 e. The highest BCUT2D eigenvalue weighted by atomic mass is 35.5. The SMILES string of the molecule is COCc1ccc(NC(=O)CCl)cc1. The number of halogens is 1. The molecule has 0 saturated heterocycles. The number of amides is 1. The normalized spacial score (nSPS) is 9.86. The van der Waals surface area contributed by atoms with E-state index in [9.17, 15) is 4.79 Å². The number of anilines is 1. The van der Waals surface area contributed by atoms with Crippen molar-refractivity contribution in [2.45, 2.75) is 6.61 Å². The van der Waals surface area contributed by atoms with Gasteiger partial charge in [-0.3, -0.25) is 4.79 Å². The molecule has 14 heavy (non-hydrogen) atoms. The van der Waals surface area contributed by atoms with E-state index in [1.165, 1.54) is 0 Å². The fourth-order valence-corrected chi connectivity index (χ4v) is 1.11. The highest BCUT2D eigenvalue weighted by molar-refractivity contribution is 6.29. The molecule has 0 spiro atoms. The van der Waals surface area contributed by atoms with Gasteiger partial charge in [-0.05, 0) is 17.7 Å². The molecule has 0 atom stereocenters. The molecule has 0 heterocycles. The van der Waals surface area contributed by atoms with Gasteiger partial charge in [0.2, 0.25) is 5.91 Å². The van der Waals surface area contributed by atoms with E-state index in [-0.39, 0.29) is 11.8 Å². The van der Waals surface area contributed by atoms with Crippen molar-refractivity contribution < 1.29 is 9.53 Å². The molecule has 4 heteroatoms. The number of hydrogen-bond acceptors (Lipinski definition) is 2. The van der Waals surface area contributed by atoms with Crippen LogP contribution in [0.4, 0.5) is 5.69 Å². The highest BCUT2D eigenvalue weighted by Gasteiger charge is 1.99. The maximum absolute atomic E-state index is 10.9. The first-order chi connectivity index (χ1) is 6.76. The van der Waals surface area contributed by atoms with E-state index in [1.807, 2.05) is 24.3 Å². The second-order valence-corrected chi connectivity index (χ2v) is 3.08. The molecule has 1 N–H and O–H groups in total. The van der Waals surface area contributed by atoms with Crippen LogP contribution in [-0.2, 0) is 16.1 Å². The second-order valence-electron chi connectivity index (χ2n) is 2.81. The van der Waals surface area contributed by atoms with Crippen LogP contribution in [0.3, 0.4) is 0 Å². The van der Waals surface area contributed by atoms with Gasteiger partial charge in [0.15, 0.2) is 0 Å². The Balaban J connectivity index is 2.59. The molecule has 0 bridgehead atoms. The lowest BCUT2D eigenvalue weighted by molar-refractivity contribution is -0.113. The van der Waals surface area contributed by atoms with E-state index >= 15 is 0 Å². The number of methoxy groups -OCH3 is 1. The molecule has 0 unspecified atom stereocenters. The predicted octanol–water partition coefficient (Wildman–Crippen LogP) is 2.01. The van der Waals surface area contributed by atoms with Crippen LogP contribution in [-0.4, -0.2) is 18.9 Å². The lowest BCUT2D eigenvalue weighted by Crippen LogP contribution is -2.12. The number of alkyl halides is 1. The van der Waals surface area contributed by atoms with Gasteiger partial charge in [0, 0.05) is 12.8 Å². The standard InChI is InChI=1S/C10H12ClNO2/c1-14-7-8-2-4-9(5-3-8)12-10(13)6-11/h2-5H,6-7H2,1H3,(H,12,13). The van der Waals surface area contributed by atoms with Gasteiger partial charge in [0.05, 0.1) is 6.61 Å². The lowest BCUT2D eigenvalue weighted by atomic mass is 10.2. The summed E-state index contributed by atoms with van der Waals surface area (Å²) in [5.41, 5.74) is 1.81. The van der Waals surface area contributed by atoms with Crippen LogP contribution in [0, 0.1) is 0 Å². The van der Waals surface area contributed by atoms with Gasteiger partial charge >= 0.3 is 0 Å². The molecule has 1 amide bonds. The number of rotatable bonds is 4. The van der Waals surface area contributed by atoms with Crippen molar-refractivity contribution in [3.05, 3.63) is 29.8 Å². The van der Waals surface area contributed by atoms with Crippen molar-refractivity contribution in [3.63, 3.8) is 0 Å². The third-order valence-corrected chi connectivity index (χ3v) is 1.91. The summed E-state index contributed by atoms with van der Waals surface area (Å²) >= 11 is 5.35. The first kappa shape index (κ1) is 11.0. The first-order valence-electron chi connectivity index (χ1n) is 4.20. The van der Waals surface area contributed by atoms with Gasteiger partial charge in [-0.2, -0.15) is 0 Å². The fraction of sp³-hybridized carbons (Fsp3) is 0.300. The highest BCUT2D eigenvalue weighted by Crippen LogP contribution is 2.10. The minimum atomic E-state index is -0.203. The van der Waals surface area contributed by atoms with Gasteiger partial charge < -0.3 is 10.1 Å². The van der Waals surface area contributed by atoms with Crippen molar-refractivity contribution in [3.8, 4) is 0 Å². The van der Waals surface area contributed by atoms with Gasteiger partial charge in [0.1, 0.15) is 5.88 Å². The summed E-state index contributed by atoms with van der Waals surface area (Å²) in [5.74, 6) is -0.231. The molecule has 1 aromatic rings. The molecule has 0 aliphatic rings. The Hall–Kier alpha value is -1.06. The third kappa shape index (κ3) is 3.36. The van der Waals surface area contributed by atoms with Crippen LogP contribution in [0.15, 0.2) is 24.3 Å². The molecular formula is C10H12ClNO2. The number of carbonyl (C=O) groups excluding carboxylic acids is 1. The monoisotopic (exact) mass is 213 g/mol. The molecule has 0 fully saturated rings. The number of benzene rings is 1. The van der Waals surface area contributed by atoms with Gasteiger partial charge in [0.25, 0.3) is 0 Å². The average molecular weight is 214 g/mol. The summed E-state index contributed by atoms with van der Waals surface area (Å²) in [5, 5.41) is 2.65. The summed E-state index contributed by atoms with van der Waals surface area (Å²) in [6.45, 7) is 0.573. The van der Waals surface area contributed by atoms with Gasteiger partial charge in [-0.25, -0.2) is 0 Å². The van der Waals surface area contributed by atoms with E-state index in [1.54, 1.807) is 7.11 Å². The van der Waals surface area contributed by atoms with Crippen LogP contribution in [0.1, 0.15) is 5.56 Å².